The standard InChI is InChI=1S/C11H8N4S/c12-10-7-4-2-1-3-6(7)8(15-10)9-11(13)14-5-16-9/h1-5,13H,(H2,12,15)/b9-8+,13-11?. The number of thioether (sulfide) groups is 1. The van der Waals surface area contributed by atoms with Gasteiger partial charge in [-0.2, -0.15) is 0 Å². The first-order valence-electron chi connectivity index (χ1n) is 4.75. The molecule has 0 bridgehead atoms. The average molecular weight is 228 g/mol. The van der Waals surface area contributed by atoms with Crippen LogP contribution in [0, 0.1) is 10.8 Å². The van der Waals surface area contributed by atoms with Crippen molar-refractivity contribution in [3.05, 3.63) is 40.3 Å². The molecule has 0 fully saturated rings. The monoisotopic (exact) mass is 228 g/mol. The van der Waals surface area contributed by atoms with Gasteiger partial charge in [0.05, 0.1) is 16.1 Å². The van der Waals surface area contributed by atoms with Crippen molar-refractivity contribution in [2.45, 2.75) is 0 Å². The Morgan fingerprint density at radius 3 is 2.56 bits per heavy atom. The van der Waals surface area contributed by atoms with Crippen LogP contribution < -0.4 is 5.32 Å². The number of nitrogens with one attached hydrogen (secondary N) is 3. The van der Waals surface area contributed by atoms with Gasteiger partial charge in [-0.15, -0.1) is 0 Å². The van der Waals surface area contributed by atoms with E-state index in [1.54, 1.807) is 5.55 Å². The van der Waals surface area contributed by atoms with Crippen LogP contribution in [0.5, 0.6) is 0 Å². The second-order valence-corrected chi connectivity index (χ2v) is 4.31. The summed E-state index contributed by atoms with van der Waals surface area (Å²) in [7, 11) is 0. The van der Waals surface area contributed by atoms with Gasteiger partial charge in [0.1, 0.15) is 5.84 Å². The summed E-state index contributed by atoms with van der Waals surface area (Å²) in [5.74, 6) is 0.649. The summed E-state index contributed by atoms with van der Waals surface area (Å²) in [6.07, 6.45) is 0. The fourth-order valence-corrected chi connectivity index (χ4v) is 2.49. The van der Waals surface area contributed by atoms with Crippen LogP contribution in [0.4, 0.5) is 0 Å². The summed E-state index contributed by atoms with van der Waals surface area (Å²) >= 11 is 1.42. The SMILES string of the molecule is N=C1N=CS/C1=C1/NC(=N)c2ccccc21. The maximum absolute atomic E-state index is 7.82. The van der Waals surface area contributed by atoms with Gasteiger partial charge in [-0.05, 0) is 0 Å². The first-order valence-corrected chi connectivity index (χ1v) is 5.63. The normalized spacial score (nSPS) is 22.5. The fraction of sp³-hybridized carbons (Fsp3) is 0. The number of benzene rings is 1. The number of aliphatic imine (C=N–C) groups is 1. The number of hydrogen-bond donors (Lipinski definition) is 3. The van der Waals surface area contributed by atoms with Crippen molar-refractivity contribution in [2.24, 2.45) is 4.99 Å². The maximum atomic E-state index is 7.82. The summed E-state index contributed by atoms with van der Waals surface area (Å²) < 4.78 is 0. The third kappa shape index (κ3) is 1.22. The Bertz CT molecular complexity index is 571. The molecule has 2 aliphatic heterocycles. The molecule has 0 aromatic heterocycles. The van der Waals surface area contributed by atoms with Crippen LogP contribution in [0.15, 0.2) is 34.2 Å². The molecule has 3 rings (SSSR count). The number of fused-ring (bicyclic) bond motifs is 1. The van der Waals surface area contributed by atoms with Gasteiger partial charge in [-0.3, -0.25) is 10.8 Å². The van der Waals surface area contributed by atoms with Gasteiger partial charge in [0.2, 0.25) is 0 Å². The van der Waals surface area contributed by atoms with Crippen LogP contribution in [0.3, 0.4) is 0 Å². The van der Waals surface area contributed by atoms with Crippen LogP contribution in [0.2, 0.25) is 0 Å². The first-order chi connectivity index (χ1) is 7.77. The zero-order valence-corrected chi connectivity index (χ0v) is 9.06. The molecule has 0 unspecified atom stereocenters. The molecule has 0 radical (unpaired) electrons. The molecule has 78 valence electrons. The van der Waals surface area contributed by atoms with Gasteiger partial charge in [0.15, 0.2) is 5.84 Å². The lowest BCUT2D eigenvalue weighted by molar-refractivity contribution is 1.30. The Morgan fingerprint density at radius 1 is 1.12 bits per heavy atom. The molecule has 1 aromatic rings. The van der Waals surface area contributed by atoms with Crippen LogP contribution in [0.1, 0.15) is 11.1 Å². The van der Waals surface area contributed by atoms with Crippen molar-refractivity contribution in [2.75, 3.05) is 0 Å². The molecule has 0 amide bonds. The van der Waals surface area contributed by atoms with E-state index in [1.165, 1.54) is 11.8 Å². The van der Waals surface area contributed by atoms with E-state index in [4.69, 9.17) is 10.8 Å². The molecule has 4 nitrogen and oxygen atoms in total. The average Bonchev–Trinajstić information content (AvgIpc) is 2.84. The Labute approximate surface area is 96.5 Å². The topological polar surface area (TPSA) is 72.1 Å². The highest BCUT2D eigenvalue weighted by molar-refractivity contribution is 8.17. The summed E-state index contributed by atoms with van der Waals surface area (Å²) in [5.41, 5.74) is 4.33. The minimum atomic E-state index is 0.261. The Morgan fingerprint density at radius 2 is 1.88 bits per heavy atom. The van der Waals surface area contributed by atoms with E-state index >= 15 is 0 Å². The van der Waals surface area contributed by atoms with E-state index in [9.17, 15) is 0 Å². The van der Waals surface area contributed by atoms with Gasteiger partial charge < -0.3 is 5.32 Å². The summed E-state index contributed by atoms with van der Waals surface area (Å²) in [6, 6.07) is 7.71. The molecule has 0 saturated carbocycles. The van der Waals surface area contributed by atoms with Crippen molar-refractivity contribution in [3.63, 3.8) is 0 Å². The van der Waals surface area contributed by atoms with Crippen molar-refractivity contribution >= 4 is 34.7 Å². The van der Waals surface area contributed by atoms with Crippen LogP contribution >= 0.6 is 11.8 Å². The first kappa shape index (κ1) is 9.35. The second kappa shape index (κ2) is 3.31. The van der Waals surface area contributed by atoms with Gasteiger partial charge in [-0.25, -0.2) is 4.99 Å². The van der Waals surface area contributed by atoms with Gasteiger partial charge in [0.25, 0.3) is 0 Å². The van der Waals surface area contributed by atoms with E-state index in [1.807, 2.05) is 24.3 Å². The minimum Gasteiger partial charge on any atom is -0.339 e. The lowest BCUT2D eigenvalue weighted by Crippen LogP contribution is -2.14. The predicted molar refractivity (Wildman–Crippen MR) is 67.1 cm³/mol. The number of nitrogens with zero attached hydrogens (tertiary/aromatic N) is 1. The highest BCUT2D eigenvalue weighted by atomic mass is 32.2. The molecule has 1 aromatic carbocycles. The Kier molecular flexibility index (Phi) is 1.94. The molecule has 2 aliphatic rings. The highest BCUT2D eigenvalue weighted by Crippen LogP contribution is 2.33. The zero-order valence-electron chi connectivity index (χ0n) is 8.24. The number of amidine groups is 2. The van der Waals surface area contributed by atoms with E-state index in [0.29, 0.717) is 5.84 Å². The van der Waals surface area contributed by atoms with E-state index in [0.717, 1.165) is 21.7 Å². The smallest absolute Gasteiger partial charge is 0.161 e. The molecule has 0 saturated heterocycles. The molecule has 0 aliphatic carbocycles. The summed E-state index contributed by atoms with van der Waals surface area (Å²) in [6.45, 7) is 0. The Hall–Kier alpha value is -1.88. The lowest BCUT2D eigenvalue weighted by atomic mass is 10.1. The summed E-state index contributed by atoms with van der Waals surface area (Å²) in [5, 5.41) is 18.5. The zero-order chi connectivity index (χ0) is 11.1. The predicted octanol–water partition coefficient (Wildman–Crippen LogP) is 2.04. The molecule has 3 N–H and O–H groups in total. The van der Waals surface area contributed by atoms with Gasteiger partial charge in [-0.1, -0.05) is 36.0 Å². The lowest BCUT2D eigenvalue weighted by Gasteiger charge is -2.03. The van der Waals surface area contributed by atoms with Crippen molar-refractivity contribution in [1.82, 2.24) is 5.32 Å². The fourth-order valence-electron chi connectivity index (χ4n) is 1.78. The third-order valence-corrected chi connectivity index (χ3v) is 3.35. The van der Waals surface area contributed by atoms with Crippen molar-refractivity contribution in [3.8, 4) is 0 Å². The van der Waals surface area contributed by atoms with E-state index in [-0.39, 0.29) is 5.84 Å². The van der Waals surface area contributed by atoms with E-state index < -0.39 is 0 Å². The summed E-state index contributed by atoms with van der Waals surface area (Å²) in [4.78, 5) is 4.70. The molecular formula is C11H8N4S. The molecule has 5 heteroatoms. The highest BCUT2D eigenvalue weighted by Gasteiger charge is 2.26. The van der Waals surface area contributed by atoms with E-state index in [2.05, 4.69) is 10.3 Å². The van der Waals surface area contributed by atoms with Gasteiger partial charge in [0, 0.05) is 11.1 Å². The molecule has 2 heterocycles. The number of hydrogen-bond acceptors (Lipinski definition) is 3. The van der Waals surface area contributed by atoms with Crippen LogP contribution in [-0.2, 0) is 0 Å². The third-order valence-electron chi connectivity index (χ3n) is 2.51. The molecule has 16 heavy (non-hydrogen) atoms. The molecule has 0 atom stereocenters. The quantitative estimate of drug-likeness (QED) is 0.635. The second-order valence-electron chi connectivity index (χ2n) is 3.45. The van der Waals surface area contributed by atoms with Crippen LogP contribution in [0.25, 0.3) is 5.70 Å². The maximum Gasteiger partial charge on any atom is 0.161 e. The van der Waals surface area contributed by atoms with Crippen molar-refractivity contribution in [1.29, 1.82) is 10.8 Å². The van der Waals surface area contributed by atoms with Gasteiger partial charge >= 0.3 is 0 Å². The largest absolute Gasteiger partial charge is 0.339 e. The van der Waals surface area contributed by atoms with Crippen LogP contribution in [-0.4, -0.2) is 17.2 Å². The van der Waals surface area contributed by atoms with Crippen molar-refractivity contribution < 1.29 is 0 Å². The number of rotatable bonds is 0. The Balaban J connectivity index is 2.21. The molecule has 0 spiro atoms. The molecular weight excluding hydrogens is 220 g/mol. The minimum absolute atomic E-state index is 0.261.